The quantitative estimate of drug-likeness (QED) is 0.302. The lowest BCUT2D eigenvalue weighted by Gasteiger charge is -2.23. The fourth-order valence-corrected chi connectivity index (χ4v) is 5.17. The molecule has 1 saturated heterocycles. The number of anilines is 1. The van der Waals surface area contributed by atoms with Crippen molar-refractivity contribution >= 4 is 22.5 Å². The monoisotopic (exact) mass is 529 g/mol. The van der Waals surface area contributed by atoms with Crippen LogP contribution in [0.25, 0.3) is 22.0 Å². The molecule has 0 radical (unpaired) electrons. The molecule has 2 aliphatic rings. The van der Waals surface area contributed by atoms with E-state index < -0.39 is 17.6 Å². The molecule has 2 atom stereocenters. The zero-order valence-electron chi connectivity index (χ0n) is 21.6. The van der Waals surface area contributed by atoms with E-state index in [0.29, 0.717) is 34.4 Å². The largest absolute Gasteiger partial charge is 0.437 e. The molecule has 0 spiro atoms. The van der Waals surface area contributed by atoms with Crippen LogP contribution in [0.3, 0.4) is 0 Å². The summed E-state index contributed by atoms with van der Waals surface area (Å²) in [6.07, 6.45) is 5.14. The van der Waals surface area contributed by atoms with Gasteiger partial charge in [0.05, 0.1) is 17.2 Å². The van der Waals surface area contributed by atoms with Crippen LogP contribution in [0.4, 0.5) is 14.7 Å². The highest BCUT2D eigenvalue weighted by Gasteiger charge is 2.60. The summed E-state index contributed by atoms with van der Waals surface area (Å²) in [5.74, 6) is -2.94. The Bertz CT molecular complexity index is 1540. The summed E-state index contributed by atoms with van der Waals surface area (Å²) in [4.78, 5) is 26.1. The Hall–Kier alpha value is -3.98. The van der Waals surface area contributed by atoms with Crippen molar-refractivity contribution < 1.29 is 18.3 Å². The molecular formula is C30H29F2N5O2. The Morgan fingerprint density at radius 2 is 1.97 bits per heavy atom. The zero-order valence-corrected chi connectivity index (χ0v) is 21.6. The summed E-state index contributed by atoms with van der Waals surface area (Å²) in [5, 5.41) is 8.38. The van der Waals surface area contributed by atoms with Crippen LogP contribution in [0.1, 0.15) is 30.4 Å². The molecule has 7 nitrogen and oxygen atoms in total. The molecule has 0 bridgehead atoms. The van der Waals surface area contributed by atoms with Crippen LogP contribution in [-0.4, -0.2) is 45.8 Å². The number of aryl methyl sites for hydroxylation is 1. The fraction of sp³-hybridized carbons (Fsp3) is 0.333. The van der Waals surface area contributed by atoms with Crippen LogP contribution in [0.15, 0.2) is 60.9 Å². The SMILES string of the molecule is Cc1ccc2c(CC(=O)[C@H]3CC3(F)F)cccc2c1Oc1ncccc1-c1ccnc(N[C@H]2CCCNC2)n1. The molecule has 2 aromatic carbocycles. The van der Waals surface area contributed by atoms with Gasteiger partial charge in [0, 0.05) is 43.2 Å². The molecule has 4 aromatic rings. The van der Waals surface area contributed by atoms with E-state index >= 15 is 0 Å². The van der Waals surface area contributed by atoms with Crippen molar-refractivity contribution in [3.05, 3.63) is 72.1 Å². The van der Waals surface area contributed by atoms with Gasteiger partial charge in [0.2, 0.25) is 11.8 Å². The molecule has 200 valence electrons. The molecule has 9 heteroatoms. The molecule has 6 rings (SSSR count). The van der Waals surface area contributed by atoms with Crippen LogP contribution in [0.5, 0.6) is 11.6 Å². The van der Waals surface area contributed by atoms with Crippen molar-refractivity contribution in [2.45, 2.75) is 44.6 Å². The normalized spacial score (nSPS) is 20.0. The van der Waals surface area contributed by atoms with Crippen LogP contribution in [0.2, 0.25) is 0 Å². The number of rotatable bonds is 8. The van der Waals surface area contributed by atoms with Gasteiger partial charge in [-0.05, 0) is 61.0 Å². The summed E-state index contributed by atoms with van der Waals surface area (Å²) < 4.78 is 33.4. The number of pyridine rings is 1. The van der Waals surface area contributed by atoms with E-state index in [1.807, 2.05) is 55.5 Å². The number of fused-ring (bicyclic) bond motifs is 1. The van der Waals surface area contributed by atoms with Crippen LogP contribution in [0, 0.1) is 12.8 Å². The van der Waals surface area contributed by atoms with E-state index in [1.54, 1.807) is 12.4 Å². The molecule has 0 unspecified atom stereocenters. The minimum absolute atomic E-state index is 0.0395. The molecule has 1 aliphatic carbocycles. The Labute approximate surface area is 225 Å². The summed E-state index contributed by atoms with van der Waals surface area (Å²) >= 11 is 0. The summed E-state index contributed by atoms with van der Waals surface area (Å²) in [7, 11) is 0. The number of benzene rings is 2. The Morgan fingerprint density at radius 3 is 2.77 bits per heavy atom. The van der Waals surface area contributed by atoms with Crippen molar-refractivity contribution in [1.82, 2.24) is 20.3 Å². The van der Waals surface area contributed by atoms with Crippen LogP contribution < -0.4 is 15.4 Å². The first-order valence-corrected chi connectivity index (χ1v) is 13.2. The van der Waals surface area contributed by atoms with E-state index in [9.17, 15) is 13.6 Å². The first kappa shape index (κ1) is 25.3. The number of nitrogens with one attached hydrogen (secondary N) is 2. The highest BCUT2D eigenvalue weighted by Crippen LogP contribution is 2.49. The smallest absolute Gasteiger partial charge is 0.258 e. The summed E-state index contributed by atoms with van der Waals surface area (Å²) in [5.41, 5.74) is 2.97. The zero-order chi connectivity index (χ0) is 27.0. The molecule has 0 amide bonds. The fourth-order valence-electron chi connectivity index (χ4n) is 5.17. The Balaban J connectivity index is 1.30. The predicted octanol–water partition coefficient (Wildman–Crippen LogP) is 5.72. The van der Waals surface area contributed by atoms with Gasteiger partial charge in [-0.25, -0.2) is 23.7 Å². The van der Waals surface area contributed by atoms with Crippen molar-refractivity contribution in [2.24, 2.45) is 5.92 Å². The first-order chi connectivity index (χ1) is 18.9. The number of hydrogen-bond acceptors (Lipinski definition) is 7. The highest BCUT2D eigenvalue weighted by molar-refractivity contribution is 5.96. The third-order valence-electron chi connectivity index (χ3n) is 7.41. The Kier molecular flexibility index (Phi) is 6.68. The summed E-state index contributed by atoms with van der Waals surface area (Å²) in [6.45, 7) is 3.83. The molecule has 2 aromatic heterocycles. The lowest BCUT2D eigenvalue weighted by atomic mass is 9.97. The van der Waals surface area contributed by atoms with Gasteiger partial charge in [0.15, 0.2) is 0 Å². The van der Waals surface area contributed by atoms with Crippen LogP contribution >= 0.6 is 0 Å². The van der Waals surface area contributed by atoms with Gasteiger partial charge in [-0.1, -0.05) is 30.3 Å². The number of hydrogen-bond donors (Lipinski definition) is 2. The molecule has 1 saturated carbocycles. The van der Waals surface area contributed by atoms with Crippen molar-refractivity contribution in [3.8, 4) is 22.9 Å². The number of ether oxygens (including phenoxy) is 1. The van der Waals surface area contributed by atoms with E-state index in [-0.39, 0.29) is 18.9 Å². The third kappa shape index (κ3) is 5.31. The van der Waals surface area contributed by atoms with Gasteiger partial charge in [-0.3, -0.25) is 4.79 Å². The second-order valence-electron chi connectivity index (χ2n) is 10.3. The van der Waals surface area contributed by atoms with E-state index in [2.05, 4.69) is 20.6 Å². The summed E-state index contributed by atoms with van der Waals surface area (Å²) in [6, 6.07) is 15.2. The average molecular weight is 530 g/mol. The molecule has 1 aliphatic heterocycles. The van der Waals surface area contributed by atoms with Crippen molar-refractivity contribution in [3.63, 3.8) is 0 Å². The number of piperidine rings is 1. The molecule has 2 fully saturated rings. The topological polar surface area (TPSA) is 89.0 Å². The average Bonchev–Trinajstić information content (AvgIpc) is 3.59. The number of ketones is 1. The molecule has 39 heavy (non-hydrogen) atoms. The number of alkyl halides is 2. The highest BCUT2D eigenvalue weighted by atomic mass is 19.3. The maximum atomic E-state index is 13.5. The second kappa shape index (κ2) is 10.3. The molecule has 3 heterocycles. The van der Waals surface area contributed by atoms with Crippen LogP contribution in [-0.2, 0) is 11.2 Å². The third-order valence-corrected chi connectivity index (χ3v) is 7.41. The van der Waals surface area contributed by atoms with Gasteiger partial charge in [0.25, 0.3) is 5.92 Å². The minimum Gasteiger partial charge on any atom is -0.437 e. The maximum absolute atomic E-state index is 13.5. The lowest BCUT2D eigenvalue weighted by molar-refractivity contribution is -0.121. The standard InChI is InChI=1S/C30H29F2N5O2/c1-18-9-10-21-19(15-26(38)24-16-30(24,31)32)5-2-7-22(21)27(18)39-28-23(8-4-13-34-28)25-11-14-35-29(37-25)36-20-6-3-12-33-17-20/h2,4-5,7-11,13-14,20,24,33H,3,6,12,15-17H2,1H3,(H,35,36,37)/t20-,24+/m0/s1. The van der Waals surface area contributed by atoms with Gasteiger partial charge in [0.1, 0.15) is 11.5 Å². The number of Topliss-reactive ketones (excluding diaryl/α,β-unsaturated/α-hetero) is 1. The lowest BCUT2D eigenvalue weighted by Crippen LogP contribution is -2.38. The van der Waals surface area contributed by atoms with E-state index in [0.717, 1.165) is 42.3 Å². The Morgan fingerprint density at radius 1 is 1.10 bits per heavy atom. The number of aromatic nitrogens is 3. The maximum Gasteiger partial charge on any atom is 0.258 e. The second-order valence-corrected chi connectivity index (χ2v) is 10.3. The number of carbonyl (C=O) groups is 1. The van der Waals surface area contributed by atoms with Crippen molar-refractivity contribution in [1.29, 1.82) is 0 Å². The van der Waals surface area contributed by atoms with Gasteiger partial charge in [-0.2, -0.15) is 0 Å². The van der Waals surface area contributed by atoms with Gasteiger partial charge in [-0.15, -0.1) is 0 Å². The van der Waals surface area contributed by atoms with Gasteiger partial charge < -0.3 is 15.4 Å². The number of halogens is 2. The minimum atomic E-state index is -2.87. The first-order valence-electron chi connectivity index (χ1n) is 13.2. The molecular weight excluding hydrogens is 500 g/mol. The van der Waals surface area contributed by atoms with Crippen molar-refractivity contribution in [2.75, 3.05) is 18.4 Å². The number of nitrogens with zero attached hydrogens (tertiary/aromatic N) is 3. The van der Waals surface area contributed by atoms with E-state index in [1.165, 1.54) is 0 Å². The molecule has 2 N–H and O–H groups in total. The predicted molar refractivity (Wildman–Crippen MR) is 145 cm³/mol. The number of carbonyl (C=O) groups excluding carboxylic acids is 1. The van der Waals surface area contributed by atoms with E-state index in [4.69, 9.17) is 9.72 Å². The van der Waals surface area contributed by atoms with Gasteiger partial charge >= 0.3 is 0 Å².